The van der Waals surface area contributed by atoms with Gasteiger partial charge in [0.2, 0.25) is 0 Å². The lowest BCUT2D eigenvalue weighted by Crippen LogP contribution is -2.31. The molecular formula is C22H25FN2OS. The minimum Gasteiger partial charge on any atom is -0.345 e. The van der Waals surface area contributed by atoms with E-state index in [0.717, 1.165) is 42.3 Å². The number of carbonyl (C=O) groups is 1. The van der Waals surface area contributed by atoms with E-state index in [-0.39, 0.29) is 17.8 Å². The van der Waals surface area contributed by atoms with Crippen molar-refractivity contribution in [1.29, 1.82) is 0 Å². The molecule has 1 fully saturated rings. The van der Waals surface area contributed by atoms with Crippen LogP contribution in [-0.4, -0.2) is 29.6 Å². The number of rotatable bonds is 4. The number of hydrogen-bond donors (Lipinski definition) is 1. The Bertz CT molecular complexity index is 802. The van der Waals surface area contributed by atoms with Crippen LogP contribution in [-0.2, 0) is 6.54 Å². The van der Waals surface area contributed by atoms with Crippen LogP contribution in [0.25, 0.3) is 0 Å². The first-order valence-corrected chi connectivity index (χ1v) is 10.7. The summed E-state index contributed by atoms with van der Waals surface area (Å²) < 4.78 is 13.6. The minimum atomic E-state index is -0.252. The summed E-state index contributed by atoms with van der Waals surface area (Å²) in [6.45, 7) is 3.28. The molecule has 0 radical (unpaired) electrons. The van der Waals surface area contributed by atoms with Gasteiger partial charge in [-0.3, -0.25) is 9.69 Å². The maximum atomic E-state index is 13.6. The summed E-state index contributed by atoms with van der Waals surface area (Å²) in [7, 11) is 0. The number of halogens is 1. The second-order valence-corrected chi connectivity index (χ2v) is 8.52. The Hall–Kier alpha value is -1.85. The molecule has 2 aliphatic heterocycles. The fourth-order valence-corrected chi connectivity index (χ4v) is 5.00. The van der Waals surface area contributed by atoms with Crippen molar-refractivity contribution in [3.8, 4) is 0 Å². The Kier molecular flexibility index (Phi) is 5.79. The van der Waals surface area contributed by atoms with Crippen molar-refractivity contribution in [2.75, 3.05) is 18.8 Å². The van der Waals surface area contributed by atoms with Crippen LogP contribution in [0.4, 0.5) is 4.39 Å². The fourth-order valence-electron chi connectivity index (χ4n) is 3.89. The molecule has 142 valence electrons. The summed E-state index contributed by atoms with van der Waals surface area (Å²) in [6, 6.07) is 12.6. The molecule has 27 heavy (non-hydrogen) atoms. The third-order valence-electron chi connectivity index (χ3n) is 5.39. The van der Waals surface area contributed by atoms with Gasteiger partial charge >= 0.3 is 0 Å². The number of fused-ring (bicyclic) bond motifs is 1. The molecule has 2 aromatic rings. The van der Waals surface area contributed by atoms with Crippen LogP contribution in [0.1, 0.15) is 53.2 Å². The van der Waals surface area contributed by atoms with Crippen molar-refractivity contribution in [1.82, 2.24) is 10.2 Å². The van der Waals surface area contributed by atoms with Gasteiger partial charge in [0.1, 0.15) is 5.82 Å². The second-order valence-electron chi connectivity index (χ2n) is 7.38. The largest absolute Gasteiger partial charge is 0.345 e. The Morgan fingerprint density at radius 1 is 1.11 bits per heavy atom. The van der Waals surface area contributed by atoms with Crippen LogP contribution in [0.3, 0.4) is 0 Å². The topological polar surface area (TPSA) is 32.3 Å². The summed E-state index contributed by atoms with van der Waals surface area (Å²) in [5.74, 6) is 0.586. The average Bonchev–Trinajstić information content (AvgIpc) is 2.70. The van der Waals surface area contributed by atoms with Crippen LogP contribution in [0, 0.1) is 5.82 Å². The summed E-state index contributed by atoms with van der Waals surface area (Å²) in [5, 5.41) is 3.09. The number of nitrogens with one attached hydrogen (secondary N) is 1. The third kappa shape index (κ3) is 4.53. The molecule has 1 amide bonds. The molecule has 2 heterocycles. The minimum absolute atomic E-state index is 0.0911. The van der Waals surface area contributed by atoms with Crippen LogP contribution in [0.5, 0.6) is 0 Å². The van der Waals surface area contributed by atoms with Gasteiger partial charge in [0, 0.05) is 22.8 Å². The molecular weight excluding hydrogens is 359 g/mol. The normalized spacial score (nSPS) is 20.1. The van der Waals surface area contributed by atoms with Gasteiger partial charge in [0.15, 0.2) is 0 Å². The van der Waals surface area contributed by atoms with E-state index in [1.54, 1.807) is 17.8 Å². The number of hydrogen-bond acceptors (Lipinski definition) is 3. The van der Waals surface area contributed by atoms with E-state index < -0.39 is 0 Å². The maximum absolute atomic E-state index is 13.6. The predicted octanol–water partition coefficient (Wildman–Crippen LogP) is 4.78. The number of thioether (sulfide) groups is 1. The highest BCUT2D eigenvalue weighted by molar-refractivity contribution is 7.99. The molecule has 3 nitrogen and oxygen atoms in total. The van der Waals surface area contributed by atoms with Crippen molar-refractivity contribution >= 4 is 17.7 Å². The van der Waals surface area contributed by atoms with Crippen LogP contribution in [0.2, 0.25) is 0 Å². The van der Waals surface area contributed by atoms with Gasteiger partial charge in [-0.25, -0.2) is 4.39 Å². The quantitative estimate of drug-likeness (QED) is 0.823. The lowest BCUT2D eigenvalue weighted by atomic mass is 10.0. The molecule has 1 atom stereocenters. The standard InChI is InChI=1S/C22H25FN2OS/c23-18-8-9-21-19(14-18)20(10-13-27-21)24-22(26)17-6-4-16(5-7-17)15-25-11-2-1-3-12-25/h4-9,14,20H,1-3,10-13,15H2,(H,24,26). The molecule has 2 aromatic carbocycles. The number of piperidine rings is 1. The summed E-state index contributed by atoms with van der Waals surface area (Å²) in [4.78, 5) is 16.2. The zero-order valence-electron chi connectivity index (χ0n) is 15.4. The van der Waals surface area contributed by atoms with Gasteiger partial charge in [-0.1, -0.05) is 18.6 Å². The van der Waals surface area contributed by atoms with Crippen molar-refractivity contribution in [3.05, 3.63) is 65.0 Å². The van der Waals surface area contributed by atoms with E-state index in [0.29, 0.717) is 5.56 Å². The lowest BCUT2D eigenvalue weighted by molar-refractivity contribution is 0.0935. The molecule has 0 aromatic heterocycles. The molecule has 1 unspecified atom stereocenters. The summed E-state index contributed by atoms with van der Waals surface area (Å²) >= 11 is 1.72. The van der Waals surface area contributed by atoms with E-state index >= 15 is 0 Å². The number of carbonyl (C=O) groups excluding carboxylic acids is 1. The Morgan fingerprint density at radius 2 is 1.89 bits per heavy atom. The number of amides is 1. The van der Waals surface area contributed by atoms with Gasteiger partial charge < -0.3 is 5.32 Å². The van der Waals surface area contributed by atoms with Gasteiger partial charge in [-0.2, -0.15) is 0 Å². The Labute approximate surface area is 164 Å². The van der Waals surface area contributed by atoms with Gasteiger partial charge in [-0.15, -0.1) is 11.8 Å². The maximum Gasteiger partial charge on any atom is 0.251 e. The van der Waals surface area contributed by atoms with Crippen LogP contribution < -0.4 is 5.32 Å². The monoisotopic (exact) mass is 384 g/mol. The SMILES string of the molecule is O=C(NC1CCSc2ccc(F)cc21)c1ccc(CN2CCCCC2)cc1. The Morgan fingerprint density at radius 3 is 2.67 bits per heavy atom. The van der Waals surface area contributed by atoms with Gasteiger partial charge in [0.25, 0.3) is 5.91 Å². The summed E-state index contributed by atoms with van der Waals surface area (Å²) in [6.07, 6.45) is 4.71. The van der Waals surface area contributed by atoms with Crippen LogP contribution >= 0.6 is 11.8 Å². The third-order valence-corrected chi connectivity index (χ3v) is 6.51. The molecule has 0 saturated carbocycles. The highest BCUT2D eigenvalue weighted by Gasteiger charge is 2.23. The average molecular weight is 385 g/mol. The van der Waals surface area contributed by atoms with Gasteiger partial charge in [-0.05, 0) is 73.8 Å². The molecule has 0 aliphatic carbocycles. The predicted molar refractivity (Wildman–Crippen MR) is 108 cm³/mol. The lowest BCUT2D eigenvalue weighted by Gasteiger charge is -2.27. The summed E-state index contributed by atoms with van der Waals surface area (Å²) in [5.41, 5.74) is 2.80. The molecule has 1 N–H and O–H groups in total. The molecule has 4 rings (SSSR count). The van der Waals surface area contributed by atoms with E-state index in [9.17, 15) is 9.18 Å². The highest BCUT2D eigenvalue weighted by atomic mass is 32.2. The van der Waals surface area contributed by atoms with E-state index in [1.807, 2.05) is 30.3 Å². The first-order chi connectivity index (χ1) is 13.2. The highest BCUT2D eigenvalue weighted by Crippen LogP contribution is 2.36. The number of benzene rings is 2. The first-order valence-electron chi connectivity index (χ1n) is 9.73. The number of likely N-dealkylation sites (tertiary alicyclic amines) is 1. The van der Waals surface area contributed by atoms with E-state index in [1.165, 1.54) is 30.9 Å². The smallest absolute Gasteiger partial charge is 0.251 e. The van der Waals surface area contributed by atoms with Crippen molar-refractivity contribution < 1.29 is 9.18 Å². The molecule has 0 bridgehead atoms. The van der Waals surface area contributed by atoms with E-state index in [2.05, 4.69) is 10.2 Å². The van der Waals surface area contributed by atoms with Crippen molar-refractivity contribution in [3.63, 3.8) is 0 Å². The zero-order valence-corrected chi connectivity index (χ0v) is 16.2. The van der Waals surface area contributed by atoms with Crippen LogP contribution in [0.15, 0.2) is 47.4 Å². The molecule has 1 saturated heterocycles. The molecule has 0 spiro atoms. The van der Waals surface area contributed by atoms with E-state index in [4.69, 9.17) is 0 Å². The first kappa shape index (κ1) is 18.5. The fraction of sp³-hybridized carbons (Fsp3) is 0.409. The second kappa shape index (κ2) is 8.44. The molecule has 2 aliphatic rings. The van der Waals surface area contributed by atoms with Crippen molar-refractivity contribution in [2.45, 2.75) is 43.2 Å². The van der Waals surface area contributed by atoms with Crippen molar-refractivity contribution in [2.24, 2.45) is 0 Å². The van der Waals surface area contributed by atoms with Gasteiger partial charge in [0.05, 0.1) is 6.04 Å². The number of nitrogens with zero attached hydrogens (tertiary/aromatic N) is 1. The molecule has 5 heteroatoms. The Balaban J connectivity index is 1.41. The zero-order chi connectivity index (χ0) is 18.6.